The molecule has 0 aromatic carbocycles. The van der Waals surface area contributed by atoms with Crippen molar-refractivity contribution in [3.05, 3.63) is 12.3 Å². The second-order valence-corrected chi connectivity index (χ2v) is 19.3. The standard InChI is InChI=1S/C57H107NO10/c1-8-14-18-22-26-30-38-52(39-31-27-23-19-15-9-2)67-55(60)43-34-37-50(7)64-47-51(49-66-57(62)63-46-36-45-58(12-5)13-6)48-65-54(59)42-35-44-56(61)68-53(40-32-28-24-20-16-10-3)41-33-29-25-21-17-11-4/h51-53H,7-49H2,1-6H3. The number of nitrogens with zero attached hydrogens (tertiary/aromatic N) is 1. The largest absolute Gasteiger partial charge is 0.508 e. The van der Waals surface area contributed by atoms with E-state index >= 15 is 0 Å². The number of esters is 3. The highest BCUT2D eigenvalue weighted by Gasteiger charge is 2.20. The van der Waals surface area contributed by atoms with Crippen molar-refractivity contribution in [3.63, 3.8) is 0 Å². The van der Waals surface area contributed by atoms with Crippen LogP contribution in [-0.4, -0.2) is 87.2 Å². The van der Waals surface area contributed by atoms with Crippen molar-refractivity contribution >= 4 is 24.1 Å². The Hall–Kier alpha value is -2.82. The summed E-state index contributed by atoms with van der Waals surface area (Å²) in [4.78, 5) is 53.6. The lowest BCUT2D eigenvalue weighted by molar-refractivity contribution is -0.151. The normalized spacial score (nSPS) is 11.8. The van der Waals surface area contributed by atoms with Gasteiger partial charge in [-0.3, -0.25) is 14.4 Å². The van der Waals surface area contributed by atoms with Crippen molar-refractivity contribution in [2.75, 3.05) is 46.1 Å². The third-order valence-corrected chi connectivity index (χ3v) is 12.9. The molecule has 0 bridgehead atoms. The second-order valence-electron chi connectivity index (χ2n) is 19.3. The Morgan fingerprint density at radius 3 is 1.19 bits per heavy atom. The maximum absolute atomic E-state index is 13.0. The molecule has 0 aliphatic rings. The average molecular weight is 966 g/mol. The predicted molar refractivity (Wildman–Crippen MR) is 279 cm³/mol. The summed E-state index contributed by atoms with van der Waals surface area (Å²) in [7, 11) is 0. The van der Waals surface area contributed by atoms with Crippen LogP contribution in [0.3, 0.4) is 0 Å². The third-order valence-electron chi connectivity index (χ3n) is 12.9. The van der Waals surface area contributed by atoms with E-state index < -0.39 is 18.0 Å². The summed E-state index contributed by atoms with van der Waals surface area (Å²) < 4.78 is 34.3. The molecule has 11 nitrogen and oxygen atoms in total. The summed E-state index contributed by atoms with van der Waals surface area (Å²) in [6.07, 6.45) is 34.2. The smallest absolute Gasteiger partial charge is 0.498 e. The highest BCUT2D eigenvalue weighted by molar-refractivity contribution is 5.72. The molecule has 0 saturated carbocycles. The fourth-order valence-electron chi connectivity index (χ4n) is 8.38. The third kappa shape index (κ3) is 43.2. The number of unbranched alkanes of at least 4 members (excludes halogenated alkanes) is 20. The van der Waals surface area contributed by atoms with E-state index in [9.17, 15) is 19.2 Å². The Balaban J connectivity index is 5.14. The Labute approximate surface area is 418 Å². The van der Waals surface area contributed by atoms with Crippen LogP contribution in [0, 0.1) is 5.92 Å². The Kier molecular flexibility index (Phi) is 47.1. The van der Waals surface area contributed by atoms with Crippen LogP contribution in [0.2, 0.25) is 0 Å². The summed E-state index contributed by atoms with van der Waals surface area (Å²) in [6, 6.07) is 0. The molecular formula is C57H107NO10. The van der Waals surface area contributed by atoms with E-state index in [-0.39, 0.29) is 69.8 Å². The van der Waals surface area contributed by atoms with E-state index in [4.69, 9.17) is 28.4 Å². The van der Waals surface area contributed by atoms with Crippen molar-refractivity contribution < 1.29 is 47.6 Å². The van der Waals surface area contributed by atoms with Crippen LogP contribution < -0.4 is 0 Å². The lowest BCUT2D eigenvalue weighted by Gasteiger charge is -2.20. The van der Waals surface area contributed by atoms with E-state index in [2.05, 4.69) is 53.0 Å². The van der Waals surface area contributed by atoms with Gasteiger partial charge in [0.2, 0.25) is 0 Å². The molecule has 0 aromatic heterocycles. The summed E-state index contributed by atoms with van der Waals surface area (Å²) in [5, 5.41) is 0. The number of ether oxygens (including phenoxy) is 6. The molecule has 68 heavy (non-hydrogen) atoms. The maximum atomic E-state index is 13.0. The van der Waals surface area contributed by atoms with Gasteiger partial charge in [0.05, 0.1) is 24.9 Å². The molecule has 0 saturated heterocycles. The van der Waals surface area contributed by atoms with E-state index in [1.54, 1.807) is 0 Å². The van der Waals surface area contributed by atoms with Crippen molar-refractivity contribution in [1.82, 2.24) is 4.90 Å². The SMILES string of the molecule is C=C(CCCC(=O)OC(CCCCCCCC)CCCCCCCC)OCC(COC(=O)CCCC(=O)OC(CCCCCCCC)CCCCCCCC)COC(=O)OCCCN(CC)CC. The Morgan fingerprint density at radius 1 is 0.397 bits per heavy atom. The molecule has 1 atom stereocenters. The molecule has 0 aliphatic heterocycles. The van der Waals surface area contributed by atoms with Gasteiger partial charge in [-0.05, 0) is 83.7 Å². The Morgan fingerprint density at radius 2 is 0.765 bits per heavy atom. The summed E-state index contributed by atoms with van der Waals surface area (Å²) in [6.45, 7) is 20.1. The van der Waals surface area contributed by atoms with Crippen molar-refractivity contribution in [3.8, 4) is 0 Å². The number of hydrogen-bond donors (Lipinski definition) is 0. The minimum absolute atomic E-state index is 0.0301. The van der Waals surface area contributed by atoms with Gasteiger partial charge in [0, 0.05) is 32.2 Å². The van der Waals surface area contributed by atoms with Gasteiger partial charge in [0.25, 0.3) is 0 Å². The maximum Gasteiger partial charge on any atom is 0.508 e. The number of rotatable bonds is 51. The van der Waals surface area contributed by atoms with E-state index in [1.165, 1.54) is 116 Å². The van der Waals surface area contributed by atoms with Crippen LogP contribution in [0.5, 0.6) is 0 Å². The van der Waals surface area contributed by atoms with Crippen molar-refractivity contribution in [2.24, 2.45) is 5.92 Å². The van der Waals surface area contributed by atoms with Crippen LogP contribution >= 0.6 is 0 Å². The molecule has 0 aliphatic carbocycles. The summed E-state index contributed by atoms with van der Waals surface area (Å²) in [5.41, 5.74) is 0. The van der Waals surface area contributed by atoms with E-state index in [0.29, 0.717) is 31.4 Å². The molecule has 0 amide bonds. The number of carbonyl (C=O) groups excluding carboxylic acids is 4. The number of allylic oxidation sites excluding steroid dienone is 1. The monoisotopic (exact) mass is 966 g/mol. The Bertz CT molecular complexity index is 1090. The second kappa shape index (κ2) is 49.2. The van der Waals surface area contributed by atoms with Gasteiger partial charge < -0.3 is 33.3 Å². The quantitative estimate of drug-likeness (QED) is 0.0250. The van der Waals surface area contributed by atoms with Crippen LogP contribution in [0.25, 0.3) is 0 Å². The summed E-state index contributed by atoms with van der Waals surface area (Å²) >= 11 is 0. The van der Waals surface area contributed by atoms with Crippen LogP contribution in [0.4, 0.5) is 4.79 Å². The molecule has 400 valence electrons. The van der Waals surface area contributed by atoms with E-state index in [1.807, 2.05) is 0 Å². The van der Waals surface area contributed by atoms with Gasteiger partial charge in [-0.15, -0.1) is 0 Å². The molecule has 0 N–H and O–H groups in total. The topological polar surface area (TPSA) is 127 Å². The molecule has 0 rings (SSSR count). The van der Waals surface area contributed by atoms with Gasteiger partial charge in [0.1, 0.15) is 25.4 Å². The first kappa shape index (κ1) is 65.2. The van der Waals surface area contributed by atoms with Gasteiger partial charge in [-0.1, -0.05) is 177 Å². The molecule has 0 heterocycles. The molecule has 0 fully saturated rings. The van der Waals surface area contributed by atoms with Gasteiger partial charge in [-0.25, -0.2) is 4.79 Å². The number of carbonyl (C=O) groups is 4. The minimum atomic E-state index is -0.783. The zero-order valence-corrected chi connectivity index (χ0v) is 45.2. The van der Waals surface area contributed by atoms with E-state index in [0.717, 1.165) is 83.8 Å². The van der Waals surface area contributed by atoms with Crippen LogP contribution in [0.1, 0.15) is 266 Å². The van der Waals surface area contributed by atoms with Gasteiger partial charge in [-0.2, -0.15) is 0 Å². The highest BCUT2D eigenvalue weighted by atomic mass is 16.7. The summed E-state index contributed by atoms with van der Waals surface area (Å²) in [5.74, 6) is -0.871. The van der Waals surface area contributed by atoms with Crippen molar-refractivity contribution in [2.45, 2.75) is 278 Å². The molecule has 0 aromatic rings. The molecule has 1 unspecified atom stereocenters. The van der Waals surface area contributed by atoms with Crippen molar-refractivity contribution in [1.29, 1.82) is 0 Å². The first-order valence-corrected chi connectivity index (χ1v) is 28.5. The number of hydrogen-bond acceptors (Lipinski definition) is 11. The first-order chi connectivity index (χ1) is 33.1. The average Bonchev–Trinajstić information content (AvgIpc) is 3.32. The highest BCUT2D eigenvalue weighted by Crippen LogP contribution is 2.21. The fraction of sp³-hybridized carbons (Fsp3) is 0.895. The molecule has 0 radical (unpaired) electrons. The van der Waals surface area contributed by atoms with Crippen LogP contribution in [-0.2, 0) is 42.8 Å². The zero-order valence-electron chi connectivity index (χ0n) is 45.2. The first-order valence-electron chi connectivity index (χ1n) is 28.5. The van der Waals surface area contributed by atoms with Gasteiger partial charge in [0.15, 0.2) is 0 Å². The van der Waals surface area contributed by atoms with Gasteiger partial charge >= 0.3 is 24.1 Å². The lowest BCUT2D eigenvalue weighted by atomic mass is 10.0. The van der Waals surface area contributed by atoms with Crippen LogP contribution in [0.15, 0.2) is 12.3 Å². The predicted octanol–water partition coefficient (Wildman–Crippen LogP) is 15.7. The zero-order chi connectivity index (χ0) is 50.1. The fourth-order valence-corrected chi connectivity index (χ4v) is 8.38. The molecule has 0 spiro atoms. The molecule has 11 heteroatoms. The lowest BCUT2D eigenvalue weighted by Crippen LogP contribution is -2.26. The molecular weight excluding hydrogens is 859 g/mol. The minimum Gasteiger partial charge on any atom is -0.498 e.